The van der Waals surface area contributed by atoms with Gasteiger partial charge in [0.15, 0.2) is 5.78 Å². The number of allylic oxidation sites excluding steroid dienone is 4. The van der Waals surface area contributed by atoms with Gasteiger partial charge in [-0.2, -0.15) is 0 Å². The van der Waals surface area contributed by atoms with Crippen molar-refractivity contribution in [3.63, 3.8) is 0 Å². The van der Waals surface area contributed by atoms with E-state index in [0.29, 0.717) is 42.5 Å². The number of aliphatic hydroxyl groups excluding tert-OH is 1. The molecule has 1 amide bonds. The number of ketones is 1. The van der Waals surface area contributed by atoms with Gasteiger partial charge in [-0.3, -0.25) is 4.79 Å². The number of amides is 1. The molecule has 12 rings (SSSR count). The number of carbonyl (C=O) groups excluding carboxylic acids is 2. The molecule has 4 bridgehead atoms. The van der Waals surface area contributed by atoms with Crippen LogP contribution < -0.4 is 4.74 Å². The highest BCUT2D eigenvalue weighted by Crippen LogP contribution is 2.78. The molecule has 1 unspecified atom stereocenters. The van der Waals surface area contributed by atoms with E-state index in [9.17, 15) is 19.8 Å². The van der Waals surface area contributed by atoms with Gasteiger partial charge < -0.3 is 19.8 Å². The molecule has 0 heterocycles. The van der Waals surface area contributed by atoms with Crippen LogP contribution in [0.5, 0.6) is 5.75 Å². The topological polar surface area (TPSA) is 87.1 Å². The maximum Gasteiger partial charge on any atom is 0.415 e. The van der Waals surface area contributed by atoms with E-state index >= 15 is 0 Å². The monoisotopic (exact) mass is 753 g/mol. The van der Waals surface area contributed by atoms with Gasteiger partial charge in [-0.15, -0.1) is 0 Å². The number of rotatable bonds is 7. The Morgan fingerprint density at radius 3 is 2.29 bits per heavy atom. The smallest absolute Gasteiger partial charge is 0.410 e. The summed E-state index contributed by atoms with van der Waals surface area (Å²) in [5.41, 5.74) is -0.937. The number of nitrogens with zero attached hydrogens (tertiary/aromatic N) is 1. The van der Waals surface area contributed by atoms with E-state index in [-0.39, 0.29) is 46.5 Å². The number of Topliss-reactive ketones (excluding diaryl/α,β-unsaturated/α-hetero) is 1. The van der Waals surface area contributed by atoms with Crippen LogP contribution in [0.3, 0.4) is 0 Å². The van der Waals surface area contributed by atoms with Crippen molar-refractivity contribution < 1.29 is 24.5 Å². The zero-order valence-electron chi connectivity index (χ0n) is 33.7. The Morgan fingerprint density at radius 2 is 1.52 bits per heavy atom. The Morgan fingerprint density at radius 1 is 0.804 bits per heavy atom. The Labute approximate surface area is 332 Å². The molecule has 0 saturated heterocycles. The summed E-state index contributed by atoms with van der Waals surface area (Å²) in [4.78, 5) is 31.3. The fourth-order valence-corrected chi connectivity index (χ4v) is 14.7. The van der Waals surface area contributed by atoms with E-state index in [1.165, 1.54) is 12.8 Å². The fraction of sp³-hybridized carbons (Fsp3) is 0.560. The van der Waals surface area contributed by atoms with Crippen LogP contribution in [0, 0.1) is 56.7 Å². The first-order valence-electron chi connectivity index (χ1n) is 21.6. The summed E-state index contributed by atoms with van der Waals surface area (Å²) < 4.78 is 6.25. The average molecular weight is 754 g/mol. The van der Waals surface area contributed by atoms with E-state index in [0.717, 1.165) is 60.8 Å². The lowest BCUT2D eigenvalue weighted by Gasteiger charge is -2.71. The molecule has 0 radical (unpaired) electrons. The Kier molecular flexibility index (Phi) is 8.09. The Balaban J connectivity index is 1.02. The zero-order valence-corrected chi connectivity index (χ0v) is 33.7. The van der Waals surface area contributed by atoms with Crippen LogP contribution in [-0.2, 0) is 0 Å². The zero-order chi connectivity index (χ0) is 38.9. The molecule has 2 N–H and O–H groups in total. The van der Waals surface area contributed by atoms with Crippen molar-refractivity contribution in [2.45, 2.75) is 104 Å². The van der Waals surface area contributed by atoms with Crippen molar-refractivity contribution >= 4 is 22.6 Å². The van der Waals surface area contributed by atoms with Crippen LogP contribution in [0.4, 0.5) is 4.79 Å². The minimum atomic E-state index is -1.17. The number of benzene rings is 3. The molecular formula is C50H59NO5. The molecule has 0 aliphatic heterocycles. The third-order valence-corrected chi connectivity index (χ3v) is 18.1. The third kappa shape index (κ3) is 4.93. The van der Waals surface area contributed by atoms with Gasteiger partial charge in [0.2, 0.25) is 0 Å². The SMILES string of the molecule is CC1(C)[C@H]2CC[C@@H](CN(C[C@]3(O)CC[C@H]4[C@]56C=C[C@@]7(C=C5C(=O)c5ccccc5)CC(O)CC[C@]7(C)[C@H]6CC[C@@]43C)C(=O)Oc3ccc4ccccc4c3)[C@@H]1C2. The summed E-state index contributed by atoms with van der Waals surface area (Å²) in [7, 11) is 0. The van der Waals surface area contributed by atoms with Crippen molar-refractivity contribution in [2.24, 2.45) is 56.7 Å². The summed E-state index contributed by atoms with van der Waals surface area (Å²) in [6.45, 7) is 10.3. The average Bonchev–Trinajstić information content (AvgIpc) is 3.47. The standard InChI is InChI=1S/C50H59NO5/c1-45(2)36-16-14-35(39(45)27-36)30-51(44(54)56-38-17-15-32-10-8-9-13-34(32)26-38)31-49(55)23-20-42-47(49,4)22-19-41-46(3)21-18-37(52)28-48(46)24-25-50(41,42)40(29-48)43(53)33-11-6-5-7-12-33/h5-13,15,17,24-26,29,35-37,39,41-42,52,55H,14,16,18-23,27-28,30-31H2,1-4H3/t35-,36-,37?,39-,41+,42+,46+,47-,48-,49+,50+/m0/s1. The molecule has 0 aromatic heterocycles. The van der Waals surface area contributed by atoms with E-state index in [1.54, 1.807) is 0 Å². The van der Waals surface area contributed by atoms with E-state index in [1.807, 2.05) is 71.6 Å². The van der Waals surface area contributed by atoms with Crippen molar-refractivity contribution in [1.82, 2.24) is 4.90 Å². The van der Waals surface area contributed by atoms with Crippen LogP contribution >= 0.6 is 0 Å². The third-order valence-electron chi connectivity index (χ3n) is 18.1. The first-order chi connectivity index (χ1) is 26.7. The molecular weight excluding hydrogens is 695 g/mol. The fourth-order valence-electron chi connectivity index (χ4n) is 14.7. The molecule has 3 aromatic rings. The number of aliphatic hydroxyl groups is 2. The lowest BCUT2D eigenvalue weighted by Crippen LogP contribution is -2.67. The number of carbonyl (C=O) groups is 2. The van der Waals surface area contributed by atoms with Crippen molar-refractivity contribution in [2.75, 3.05) is 13.1 Å². The number of hydrogen-bond acceptors (Lipinski definition) is 5. The van der Waals surface area contributed by atoms with Gasteiger partial charge in [0.25, 0.3) is 0 Å². The summed E-state index contributed by atoms with van der Waals surface area (Å²) in [6.07, 6.45) is 15.1. The molecule has 6 nitrogen and oxygen atoms in total. The maximum atomic E-state index is 14.9. The van der Waals surface area contributed by atoms with Crippen LogP contribution in [0.1, 0.15) is 102 Å². The van der Waals surface area contributed by atoms with Gasteiger partial charge in [-0.05, 0) is 128 Å². The van der Waals surface area contributed by atoms with Crippen LogP contribution in [0.25, 0.3) is 10.8 Å². The molecule has 9 aliphatic carbocycles. The molecule has 6 fully saturated rings. The predicted octanol–water partition coefficient (Wildman–Crippen LogP) is 10.2. The van der Waals surface area contributed by atoms with Crippen molar-refractivity contribution in [3.05, 3.63) is 102 Å². The second-order valence-corrected chi connectivity index (χ2v) is 20.5. The van der Waals surface area contributed by atoms with Crippen molar-refractivity contribution in [1.29, 1.82) is 0 Å². The van der Waals surface area contributed by atoms with Gasteiger partial charge in [0, 0.05) is 33.9 Å². The molecule has 3 aromatic carbocycles. The number of hydrogen-bond donors (Lipinski definition) is 2. The quantitative estimate of drug-likeness (QED) is 0.185. The molecule has 2 spiro atoms. The minimum absolute atomic E-state index is 0.00949. The van der Waals surface area contributed by atoms with E-state index in [4.69, 9.17) is 4.74 Å². The molecule has 9 aliphatic rings. The number of ether oxygens (including phenoxy) is 1. The van der Waals surface area contributed by atoms with Crippen molar-refractivity contribution in [3.8, 4) is 5.75 Å². The number of fused-ring (bicyclic) bond motifs is 4. The summed E-state index contributed by atoms with van der Waals surface area (Å²) in [6, 6.07) is 23.6. The van der Waals surface area contributed by atoms with Gasteiger partial charge in [-0.25, -0.2) is 4.79 Å². The summed E-state index contributed by atoms with van der Waals surface area (Å²) >= 11 is 0. The first-order valence-corrected chi connectivity index (χ1v) is 21.6. The van der Waals surface area contributed by atoms with Gasteiger partial charge >= 0.3 is 6.09 Å². The molecule has 56 heavy (non-hydrogen) atoms. The molecule has 294 valence electrons. The van der Waals surface area contributed by atoms with Gasteiger partial charge in [-0.1, -0.05) is 107 Å². The van der Waals surface area contributed by atoms with Crippen LogP contribution in [0.15, 0.2) is 96.6 Å². The first kappa shape index (κ1) is 36.6. The molecule has 11 atom stereocenters. The Bertz CT molecular complexity index is 2160. The Hall–Kier alpha value is -3.74. The lowest BCUT2D eigenvalue weighted by atomic mass is 9.32. The molecule has 6 heteroatoms. The highest BCUT2D eigenvalue weighted by molar-refractivity contribution is 6.10. The van der Waals surface area contributed by atoms with Crippen LogP contribution in [-0.4, -0.2) is 51.8 Å². The molecule has 6 saturated carbocycles. The highest BCUT2D eigenvalue weighted by atomic mass is 16.6. The minimum Gasteiger partial charge on any atom is -0.410 e. The maximum absolute atomic E-state index is 14.9. The second-order valence-electron chi connectivity index (χ2n) is 20.5. The lowest BCUT2D eigenvalue weighted by molar-refractivity contribution is -0.176. The van der Waals surface area contributed by atoms with Gasteiger partial charge in [0.1, 0.15) is 5.75 Å². The second kappa shape index (κ2) is 12.4. The largest absolute Gasteiger partial charge is 0.415 e. The van der Waals surface area contributed by atoms with Gasteiger partial charge in [0.05, 0.1) is 18.2 Å². The van der Waals surface area contributed by atoms with E-state index in [2.05, 4.69) is 52.0 Å². The highest BCUT2D eigenvalue weighted by Gasteiger charge is 2.74. The normalized spacial score (nSPS) is 41.1. The van der Waals surface area contributed by atoms with Crippen LogP contribution in [0.2, 0.25) is 0 Å². The van der Waals surface area contributed by atoms with E-state index < -0.39 is 22.5 Å². The predicted molar refractivity (Wildman–Crippen MR) is 219 cm³/mol. The summed E-state index contributed by atoms with van der Waals surface area (Å²) in [5, 5.41) is 26.6. The summed E-state index contributed by atoms with van der Waals surface area (Å²) in [5.74, 6) is 2.47.